The van der Waals surface area contributed by atoms with Crippen LogP contribution in [-0.4, -0.2) is 58.0 Å². The van der Waals surface area contributed by atoms with Crippen LogP contribution in [-0.2, 0) is 32.6 Å². The van der Waals surface area contributed by atoms with E-state index in [1.165, 1.54) is 17.0 Å². The van der Waals surface area contributed by atoms with Gasteiger partial charge in [0.25, 0.3) is 10.0 Å². The number of rotatable bonds is 17. The second-order valence-electron chi connectivity index (χ2n) is 11.1. The first-order chi connectivity index (χ1) is 23.2. The first-order valence-corrected chi connectivity index (χ1v) is 18.1. The summed E-state index contributed by atoms with van der Waals surface area (Å²) in [6.45, 7) is 4.29. The van der Waals surface area contributed by atoms with Gasteiger partial charge in [0, 0.05) is 24.0 Å². The maximum Gasteiger partial charge on any atom is 0.264 e. The SMILES string of the molecule is CCCCNC(=O)[C@@H](Cc1ccccc1)N(Cc1cccc(OC)c1)C(=O)CN(c1ccc(OCC)cc1)S(=O)(=O)c1ccc(Br)cc1. The molecule has 0 aromatic heterocycles. The van der Waals surface area contributed by atoms with E-state index in [0.29, 0.717) is 29.1 Å². The zero-order valence-electron chi connectivity index (χ0n) is 27.5. The normalized spacial score (nSPS) is 11.8. The highest BCUT2D eigenvalue weighted by atomic mass is 79.9. The summed E-state index contributed by atoms with van der Waals surface area (Å²) in [5.74, 6) is 0.312. The van der Waals surface area contributed by atoms with E-state index in [9.17, 15) is 18.0 Å². The Bertz CT molecular complexity index is 1740. The monoisotopic (exact) mass is 735 g/mol. The molecule has 254 valence electrons. The molecule has 4 rings (SSSR count). The molecule has 0 unspecified atom stereocenters. The average molecular weight is 737 g/mol. The maximum atomic E-state index is 14.6. The summed E-state index contributed by atoms with van der Waals surface area (Å²) >= 11 is 3.37. The summed E-state index contributed by atoms with van der Waals surface area (Å²) in [4.78, 5) is 30.0. The summed E-state index contributed by atoms with van der Waals surface area (Å²) in [7, 11) is -2.67. The molecule has 2 amide bonds. The molecule has 1 atom stereocenters. The van der Waals surface area contributed by atoms with Crippen molar-refractivity contribution in [3.63, 3.8) is 0 Å². The minimum atomic E-state index is -4.23. The molecule has 4 aromatic rings. The fraction of sp³-hybridized carbons (Fsp3) is 0.297. The van der Waals surface area contributed by atoms with Crippen molar-refractivity contribution in [1.29, 1.82) is 0 Å². The van der Waals surface area contributed by atoms with Crippen LogP contribution >= 0.6 is 15.9 Å². The molecule has 48 heavy (non-hydrogen) atoms. The lowest BCUT2D eigenvalue weighted by molar-refractivity contribution is -0.140. The fourth-order valence-corrected chi connectivity index (χ4v) is 6.84. The van der Waals surface area contributed by atoms with Gasteiger partial charge in [-0.3, -0.25) is 13.9 Å². The third-order valence-electron chi connectivity index (χ3n) is 7.70. The molecule has 9 nitrogen and oxygen atoms in total. The number of hydrogen-bond acceptors (Lipinski definition) is 6. The number of nitrogens with zero attached hydrogens (tertiary/aromatic N) is 2. The van der Waals surface area contributed by atoms with Crippen LogP contribution < -0.4 is 19.1 Å². The van der Waals surface area contributed by atoms with Gasteiger partial charge >= 0.3 is 0 Å². The quantitative estimate of drug-likeness (QED) is 0.123. The summed E-state index contributed by atoms with van der Waals surface area (Å²) in [5.41, 5.74) is 1.87. The van der Waals surface area contributed by atoms with E-state index >= 15 is 0 Å². The van der Waals surface area contributed by atoms with Crippen molar-refractivity contribution in [2.75, 3.05) is 31.1 Å². The Kier molecular flexibility index (Phi) is 13.5. The molecule has 0 bridgehead atoms. The Morgan fingerprint density at radius 3 is 2.19 bits per heavy atom. The zero-order chi connectivity index (χ0) is 34.5. The predicted molar refractivity (Wildman–Crippen MR) is 192 cm³/mol. The lowest BCUT2D eigenvalue weighted by Crippen LogP contribution is -2.53. The number of carbonyl (C=O) groups is 2. The maximum absolute atomic E-state index is 14.6. The molecule has 4 aromatic carbocycles. The standard InChI is InChI=1S/C37H42BrN3O6S/c1-4-6-23-39-37(43)35(25-28-11-8-7-9-12-28)40(26-29-13-10-14-33(24-29)46-3)36(42)27-41(31-17-19-32(20-18-31)47-5-2)48(44,45)34-21-15-30(38)16-22-34/h7-22,24,35H,4-6,23,25-27H2,1-3H3,(H,39,43)/t35-/m1/s1. The minimum Gasteiger partial charge on any atom is -0.497 e. The van der Waals surface area contributed by atoms with E-state index in [2.05, 4.69) is 21.2 Å². The van der Waals surface area contributed by atoms with E-state index in [-0.39, 0.29) is 29.5 Å². The molecular weight excluding hydrogens is 694 g/mol. The van der Waals surface area contributed by atoms with E-state index in [4.69, 9.17) is 9.47 Å². The lowest BCUT2D eigenvalue weighted by Gasteiger charge is -2.34. The molecular formula is C37H42BrN3O6S. The molecule has 0 heterocycles. The van der Waals surface area contributed by atoms with Crippen molar-refractivity contribution in [2.24, 2.45) is 0 Å². The summed E-state index contributed by atoms with van der Waals surface area (Å²) in [6, 6.07) is 28.6. The van der Waals surface area contributed by atoms with Crippen LogP contribution in [0.15, 0.2) is 112 Å². The number of amides is 2. The predicted octanol–water partition coefficient (Wildman–Crippen LogP) is 6.61. The van der Waals surface area contributed by atoms with Crippen molar-refractivity contribution in [1.82, 2.24) is 10.2 Å². The van der Waals surface area contributed by atoms with Gasteiger partial charge in [0.1, 0.15) is 24.1 Å². The third-order valence-corrected chi connectivity index (χ3v) is 10.0. The highest BCUT2D eigenvalue weighted by Gasteiger charge is 2.34. The van der Waals surface area contributed by atoms with Gasteiger partial charge < -0.3 is 19.7 Å². The molecule has 1 N–H and O–H groups in total. The number of sulfonamides is 1. The second-order valence-corrected chi connectivity index (χ2v) is 13.9. The topological polar surface area (TPSA) is 105 Å². The Hall–Kier alpha value is -4.35. The first-order valence-electron chi connectivity index (χ1n) is 15.9. The Morgan fingerprint density at radius 2 is 1.54 bits per heavy atom. The molecule has 0 saturated heterocycles. The molecule has 11 heteroatoms. The number of methoxy groups -OCH3 is 1. The highest BCUT2D eigenvalue weighted by molar-refractivity contribution is 9.10. The molecule has 0 aliphatic heterocycles. The van der Waals surface area contributed by atoms with Gasteiger partial charge in [0.15, 0.2) is 0 Å². The van der Waals surface area contributed by atoms with Crippen LogP contribution in [0.5, 0.6) is 11.5 Å². The molecule has 0 aliphatic rings. The Morgan fingerprint density at radius 1 is 0.854 bits per heavy atom. The molecule has 0 radical (unpaired) electrons. The minimum absolute atomic E-state index is 0.0184. The number of ether oxygens (including phenoxy) is 2. The van der Waals surface area contributed by atoms with Crippen LogP contribution in [0.1, 0.15) is 37.8 Å². The smallest absolute Gasteiger partial charge is 0.264 e. The number of carbonyl (C=O) groups excluding carboxylic acids is 2. The lowest BCUT2D eigenvalue weighted by atomic mass is 10.0. The number of benzene rings is 4. The van der Waals surface area contributed by atoms with Crippen molar-refractivity contribution in [2.45, 2.75) is 50.6 Å². The van der Waals surface area contributed by atoms with Gasteiger partial charge in [-0.1, -0.05) is 71.7 Å². The average Bonchev–Trinajstić information content (AvgIpc) is 3.10. The van der Waals surface area contributed by atoms with Gasteiger partial charge in [-0.15, -0.1) is 0 Å². The molecule has 0 saturated carbocycles. The van der Waals surface area contributed by atoms with Gasteiger partial charge in [-0.05, 0) is 85.1 Å². The highest BCUT2D eigenvalue weighted by Crippen LogP contribution is 2.28. The fourth-order valence-electron chi connectivity index (χ4n) is 5.17. The van der Waals surface area contributed by atoms with E-state index in [1.807, 2.05) is 56.3 Å². The molecule has 0 fully saturated rings. The molecule has 0 aliphatic carbocycles. The van der Waals surface area contributed by atoms with Crippen molar-refractivity contribution < 1.29 is 27.5 Å². The largest absolute Gasteiger partial charge is 0.497 e. The molecule has 0 spiro atoms. The van der Waals surface area contributed by atoms with E-state index < -0.39 is 28.5 Å². The van der Waals surface area contributed by atoms with Crippen molar-refractivity contribution >= 4 is 43.5 Å². The third kappa shape index (κ3) is 9.84. The van der Waals surface area contributed by atoms with Crippen LogP contribution in [0.4, 0.5) is 5.69 Å². The second kappa shape index (κ2) is 17.7. The van der Waals surface area contributed by atoms with Crippen LogP contribution in [0.2, 0.25) is 0 Å². The summed E-state index contributed by atoms with van der Waals surface area (Å²) < 4.78 is 41.3. The van der Waals surface area contributed by atoms with Gasteiger partial charge in [0.2, 0.25) is 11.8 Å². The zero-order valence-corrected chi connectivity index (χ0v) is 29.9. The number of nitrogens with one attached hydrogen (secondary N) is 1. The Balaban J connectivity index is 1.80. The summed E-state index contributed by atoms with van der Waals surface area (Å²) in [6.07, 6.45) is 1.91. The number of halogens is 1. The van der Waals surface area contributed by atoms with E-state index in [1.54, 1.807) is 55.6 Å². The number of unbranched alkanes of at least 4 members (excludes halogenated alkanes) is 1. The number of anilines is 1. The summed E-state index contributed by atoms with van der Waals surface area (Å²) in [5, 5.41) is 3.00. The van der Waals surface area contributed by atoms with Crippen molar-refractivity contribution in [3.8, 4) is 11.5 Å². The Labute approximate surface area is 292 Å². The van der Waals surface area contributed by atoms with Crippen LogP contribution in [0, 0.1) is 0 Å². The van der Waals surface area contributed by atoms with Crippen molar-refractivity contribution in [3.05, 3.63) is 119 Å². The first kappa shape index (κ1) is 36.5. The van der Waals surface area contributed by atoms with Crippen LogP contribution in [0.25, 0.3) is 0 Å². The van der Waals surface area contributed by atoms with Gasteiger partial charge in [-0.2, -0.15) is 0 Å². The van der Waals surface area contributed by atoms with E-state index in [0.717, 1.165) is 28.3 Å². The van der Waals surface area contributed by atoms with Gasteiger partial charge in [-0.25, -0.2) is 8.42 Å². The number of hydrogen-bond donors (Lipinski definition) is 1. The van der Waals surface area contributed by atoms with Crippen LogP contribution in [0.3, 0.4) is 0 Å². The van der Waals surface area contributed by atoms with Gasteiger partial charge in [0.05, 0.1) is 24.3 Å².